The molecule has 2 aromatic rings. The molecule has 1 fully saturated rings. The SMILES string of the molecule is CC(C)Oc1ccc2c(=O)n(CC(=O)NCC3CCCO3)ccc2c1. The highest BCUT2D eigenvalue weighted by Gasteiger charge is 2.16. The zero-order chi connectivity index (χ0) is 17.8. The van der Waals surface area contributed by atoms with E-state index in [0.29, 0.717) is 11.9 Å². The number of fused-ring (bicyclic) bond motifs is 1. The number of ether oxygens (including phenoxy) is 2. The molecule has 1 amide bonds. The third kappa shape index (κ3) is 4.39. The zero-order valence-electron chi connectivity index (χ0n) is 14.7. The van der Waals surface area contributed by atoms with Crippen molar-refractivity contribution >= 4 is 16.7 Å². The summed E-state index contributed by atoms with van der Waals surface area (Å²) in [6, 6.07) is 7.21. The van der Waals surface area contributed by atoms with Crippen LogP contribution in [0.5, 0.6) is 5.75 Å². The number of aromatic nitrogens is 1. The molecule has 0 saturated carbocycles. The van der Waals surface area contributed by atoms with Crippen LogP contribution in [0.1, 0.15) is 26.7 Å². The maximum atomic E-state index is 12.6. The molecule has 1 aromatic heterocycles. The van der Waals surface area contributed by atoms with Gasteiger partial charge in [0.25, 0.3) is 5.56 Å². The summed E-state index contributed by atoms with van der Waals surface area (Å²) in [6.07, 6.45) is 3.82. The Hall–Kier alpha value is -2.34. The van der Waals surface area contributed by atoms with Gasteiger partial charge in [0.2, 0.25) is 5.91 Å². The summed E-state index contributed by atoms with van der Waals surface area (Å²) in [5, 5.41) is 4.21. The molecule has 1 N–H and O–H groups in total. The van der Waals surface area contributed by atoms with Crippen molar-refractivity contribution in [2.45, 2.75) is 45.4 Å². The lowest BCUT2D eigenvalue weighted by atomic mass is 10.1. The van der Waals surface area contributed by atoms with Gasteiger partial charge in [-0.3, -0.25) is 9.59 Å². The number of hydrogen-bond donors (Lipinski definition) is 1. The highest BCUT2D eigenvalue weighted by molar-refractivity contribution is 5.83. The predicted octanol–water partition coefficient (Wildman–Crippen LogP) is 2.08. The summed E-state index contributed by atoms with van der Waals surface area (Å²) in [5.41, 5.74) is -0.180. The molecule has 2 heterocycles. The number of benzene rings is 1. The fourth-order valence-electron chi connectivity index (χ4n) is 2.98. The Morgan fingerprint density at radius 3 is 2.96 bits per heavy atom. The third-order valence-electron chi connectivity index (χ3n) is 4.18. The van der Waals surface area contributed by atoms with E-state index in [4.69, 9.17) is 9.47 Å². The second-order valence-corrected chi connectivity index (χ2v) is 6.60. The quantitative estimate of drug-likeness (QED) is 0.871. The summed E-state index contributed by atoms with van der Waals surface area (Å²) in [6.45, 7) is 5.17. The van der Waals surface area contributed by atoms with Gasteiger partial charge in [0.1, 0.15) is 12.3 Å². The van der Waals surface area contributed by atoms with Crippen molar-refractivity contribution in [1.82, 2.24) is 9.88 Å². The molecule has 1 saturated heterocycles. The van der Waals surface area contributed by atoms with Crippen LogP contribution in [0.3, 0.4) is 0 Å². The molecule has 0 spiro atoms. The van der Waals surface area contributed by atoms with Crippen LogP contribution in [0.25, 0.3) is 10.8 Å². The fourth-order valence-corrected chi connectivity index (χ4v) is 2.98. The van der Waals surface area contributed by atoms with Crippen molar-refractivity contribution in [3.8, 4) is 5.75 Å². The first kappa shape index (κ1) is 17.5. The van der Waals surface area contributed by atoms with Crippen molar-refractivity contribution in [3.05, 3.63) is 40.8 Å². The molecule has 0 radical (unpaired) electrons. The van der Waals surface area contributed by atoms with Gasteiger partial charge in [0.05, 0.1) is 12.2 Å². The van der Waals surface area contributed by atoms with E-state index in [0.717, 1.165) is 30.6 Å². The number of nitrogens with one attached hydrogen (secondary N) is 1. The first-order valence-electron chi connectivity index (χ1n) is 8.71. The fraction of sp³-hybridized carbons (Fsp3) is 0.474. The van der Waals surface area contributed by atoms with Gasteiger partial charge in [-0.1, -0.05) is 0 Å². The van der Waals surface area contributed by atoms with Crippen LogP contribution in [-0.2, 0) is 16.1 Å². The van der Waals surface area contributed by atoms with Crippen LogP contribution < -0.4 is 15.6 Å². The molecular formula is C19H24N2O4. The molecule has 1 atom stereocenters. The Kier molecular flexibility index (Phi) is 5.38. The Bertz CT molecular complexity index is 807. The normalized spacial score (nSPS) is 17.2. The Balaban J connectivity index is 1.70. The van der Waals surface area contributed by atoms with Gasteiger partial charge in [-0.2, -0.15) is 0 Å². The van der Waals surface area contributed by atoms with E-state index in [-0.39, 0.29) is 30.2 Å². The smallest absolute Gasteiger partial charge is 0.258 e. The Morgan fingerprint density at radius 1 is 1.40 bits per heavy atom. The Labute approximate surface area is 146 Å². The summed E-state index contributed by atoms with van der Waals surface area (Å²) in [5.74, 6) is 0.547. The second kappa shape index (κ2) is 7.70. The minimum Gasteiger partial charge on any atom is -0.491 e. The van der Waals surface area contributed by atoms with Crippen molar-refractivity contribution in [2.75, 3.05) is 13.2 Å². The van der Waals surface area contributed by atoms with Gasteiger partial charge in [-0.05, 0) is 56.3 Å². The van der Waals surface area contributed by atoms with Gasteiger partial charge >= 0.3 is 0 Å². The van der Waals surface area contributed by atoms with E-state index in [1.165, 1.54) is 4.57 Å². The largest absolute Gasteiger partial charge is 0.491 e. The van der Waals surface area contributed by atoms with Crippen LogP contribution in [0.2, 0.25) is 0 Å². The number of hydrogen-bond acceptors (Lipinski definition) is 4. The summed E-state index contributed by atoms with van der Waals surface area (Å²) < 4.78 is 12.6. The van der Waals surface area contributed by atoms with E-state index in [1.807, 2.05) is 26.0 Å². The average Bonchev–Trinajstić information content (AvgIpc) is 3.08. The van der Waals surface area contributed by atoms with Gasteiger partial charge in [-0.25, -0.2) is 0 Å². The highest BCUT2D eigenvalue weighted by Crippen LogP contribution is 2.19. The topological polar surface area (TPSA) is 69.6 Å². The number of amides is 1. The van der Waals surface area contributed by atoms with E-state index in [9.17, 15) is 9.59 Å². The van der Waals surface area contributed by atoms with Crippen LogP contribution in [-0.4, -0.2) is 35.8 Å². The summed E-state index contributed by atoms with van der Waals surface area (Å²) in [4.78, 5) is 24.7. The number of nitrogens with zero attached hydrogens (tertiary/aromatic N) is 1. The summed E-state index contributed by atoms with van der Waals surface area (Å²) >= 11 is 0. The van der Waals surface area contributed by atoms with E-state index >= 15 is 0 Å². The Morgan fingerprint density at radius 2 is 2.24 bits per heavy atom. The highest BCUT2D eigenvalue weighted by atomic mass is 16.5. The molecule has 6 heteroatoms. The van der Waals surface area contributed by atoms with Crippen molar-refractivity contribution in [3.63, 3.8) is 0 Å². The lowest BCUT2D eigenvalue weighted by molar-refractivity contribution is -0.122. The molecule has 0 aliphatic carbocycles. The van der Waals surface area contributed by atoms with Gasteiger partial charge < -0.3 is 19.4 Å². The molecule has 1 aliphatic rings. The lowest BCUT2D eigenvalue weighted by Gasteiger charge is -2.13. The van der Waals surface area contributed by atoms with Crippen molar-refractivity contribution in [1.29, 1.82) is 0 Å². The molecular weight excluding hydrogens is 320 g/mol. The maximum Gasteiger partial charge on any atom is 0.258 e. The molecule has 1 aliphatic heterocycles. The van der Waals surface area contributed by atoms with Gasteiger partial charge in [0, 0.05) is 24.7 Å². The lowest BCUT2D eigenvalue weighted by Crippen LogP contribution is -2.36. The minimum absolute atomic E-state index is 0.00569. The average molecular weight is 344 g/mol. The molecule has 3 rings (SSSR count). The van der Waals surface area contributed by atoms with Crippen LogP contribution in [0.15, 0.2) is 35.3 Å². The third-order valence-corrected chi connectivity index (χ3v) is 4.18. The number of rotatable bonds is 6. The molecule has 134 valence electrons. The van der Waals surface area contributed by atoms with E-state index < -0.39 is 0 Å². The predicted molar refractivity (Wildman–Crippen MR) is 96.0 cm³/mol. The summed E-state index contributed by atoms with van der Waals surface area (Å²) in [7, 11) is 0. The van der Waals surface area contributed by atoms with E-state index in [1.54, 1.807) is 18.3 Å². The zero-order valence-corrected chi connectivity index (χ0v) is 14.7. The van der Waals surface area contributed by atoms with E-state index in [2.05, 4.69) is 5.32 Å². The van der Waals surface area contributed by atoms with Crippen LogP contribution in [0.4, 0.5) is 0 Å². The molecule has 1 unspecified atom stereocenters. The van der Waals surface area contributed by atoms with Gasteiger partial charge in [0.15, 0.2) is 0 Å². The van der Waals surface area contributed by atoms with Crippen molar-refractivity contribution < 1.29 is 14.3 Å². The first-order chi connectivity index (χ1) is 12.0. The molecule has 6 nitrogen and oxygen atoms in total. The first-order valence-corrected chi connectivity index (χ1v) is 8.71. The van der Waals surface area contributed by atoms with Crippen LogP contribution in [0, 0.1) is 0 Å². The number of carbonyl (C=O) groups is 1. The standard InChI is InChI=1S/C19H24N2O4/c1-13(2)25-15-5-6-17-14(10-15)7-8-21(19(17)23)12-18(22)20-11-16-4-3-9-24-16/h5-8,10,13,16H,3-4,9,11-12H2,1-2H3,(H,20,22). The van der Waals surface area contributed by atoms with Crippen molar-refractivity contribution in [2.24, 2.45) is 0 Å². The van der Waals surface area contributed by atoms with Gasteiger partial charge in [-0.15, -0.1) is 0 Å². The molecule has 1 aromatic carbocycles. The number of carbonyl (C=O) groups excluding carboxylic acids is 1. The number of pyridine rings is 1. The second-order valence-electron chi connectivity index (χ2n) is 6.60. The molecule has 0 bridgehead atoms. The monoisotopic (exact) mass is 344 g/mol. The molecule has 25 heavy (non-hydrogen) atoms. The minimum atomic E-state index is -0.184. The van der Waals surface area contributed by atoms with Crippen LogP contribution >= 0.6 is 0 Å². The maximum absolute atomic E-state index is 12.6.